The minimum Gasteiger partial charge on any atom is -0.480 e. The van der Waals surface area contributed by atoms with Crippen LogP contribution in [0.25, 0.3) is 0 Å². The van der Waals surface area contributed by atoms with E-state index in [1.54, 1.807) is 12.5 Å². The zero-order valence-corrected chi connectivity index (χ0v) is 11.9. The summed E-state index contributed by atoms with van der Waals surface area (Å²) >= 11 is 0. The summed E-state index contributed by atoms with van der Waals surface area (Å²) in [5.74, 6) is 0.142. The highest BCUT2D eigenvalue weighted by atomic mass is 16.6. The Morgan fingerprint density at radius 2 is 2.24 bits per heavy atom. The number of nitrogens with zero attached hydrogens (tertiary/aromatic N) is 3. The predicted octanol–water partition coefficient (Wildman–Crippen LogP) is 2.44. The SMILES string of the molecule is CC(C)n1cncc1COc1cc(CO)ccc1[N+](=O)[O-]. The summed E-state index contributed by atoms with van der Waals surface area (Å²) in [4.78, 5) is 14.6. The normalized spacial score (nSPS) is 10.9. The summed E-state index contributed by atoms with van der Waals surface area (Å²) in [6, 6.07) is 4.54. The molecule has 7 nitrogen and oxygen atoms in total. The van der Waals surface area contributed by atoms with Crippen LogP contribution in [0.2, 0.25) is 0 Å². The standard InChI is InChI=1S/C14H17N3O4/c1-10(2)16-9-15-6-12(16)8-21-14-5-11(7-18)3-4-13(14)17(19)20/h3-6,9-10,18H,7-8H2,1-2H3. The van der Waals surface area contributed by atoms with Crippen molar-refractivity contribution in [3.05, 3.63) is 52.1 Å². The molecule has 0 amide bonds. The van der Waals surface area contributed by atoms with Crippen molar-refractivity contribution in [2.24, 2.45) is 0 Å². The van der Waals surface area contributed by atoms with Crippen LogP contribution in [0.3, 0.4) is 0 Å². The minimum absolute atomic E-state index is 0.122. The molecule has 0 aliphatic rings. The van der Waals surface area contributed by atoms with Gasteiger partial charge in [0.2, 0.25) is 0 Å². The number of ether oxygens (including phenoxy) is 1. The van der Waals surface area contributed by atoms with Crippen LogP contribution >= 0.6 is 0 Å². The summed E-state index contributed by atoms with van der Waals surface area (Å²) in [6.07, 6.45) is 3.36. The highest BCUT2D eigenvalue weighted by Crippen LogP contribution is 2.29. The molecule has 0 atom stereocenters. The van der Waals surface area contributed by atoms with Gasteiger partial charge in [0.25, 0.3) is 0 Å². The van der Waals surface area contributed by atoms with E-state index in [-0.39, 0.29) is 30.7 Å². The van der Waals surface area contributed by atoms with E-state index < -0.39 is 4.92 Å². The molecule has 1 N–H and O–H groups in total. The van der Waals surface area contributed by atoms with E-state index >= 15 is 0 Å². The number of aromatic nitrogens is 2. The van der Waals surface area contributed by atoms with Crippen molar-refractivity contribution in [1.29, 1.82) is 0 Å². The zero-order chi connectivity index (χ0) is 15.4. The molecule has 1 aromatic heterocycles. The molecule has 0 saturated carbocycles. The molecule has 1 aromatic carbocycles. The summed E-state index contributed by atoms with van der Waals surface area (Å²) in [6.45, 7) is 4.01. The zero-order valence-electron chi connectivity index (χ0n) is 11.9. The smallest absolute Gasteiger partial charge is 0.310 e. The first-order chi connectivity index (χ1) is 10.0. The van der Waals surface area contributed by atoms with Gasteiger partial charge >= 0.3 is 5.69 Å². The van der Waals surface area contributed by atoms with Gasteiger partial charge in [0, 0.05) is 12.1 Å². The quantitative estimate of drug-likeness (QED) is 0.652. The predicted molar refractivity (Wildman–Crippen MR) is 76.0 cm³/mol. The van der Waals surface area contributed by atoms with Crippen LogP contribution in [0.1, 0.15) is 31.1 Å². The van der Waals surface area contributed by atoms with Gasteiger partial charge in [-0.05, 0) is 31.5 Å². The van der Waals surface area contributed by atoms with Crippen LogP contribution in [-0.2, 0) is 13.2 Å². The van der Waals surface area contributed by atoms with Crippen LogP contribution in [0, 0.1) is 10.1 Å². The maximum atomic E-state index is 11.0. The lowest BCUT2D eigenvalue weighted by molar-refractivity contribution is -0.386. The van der Waals surface area contributed by atoms with E-state index in [2.05, 4.69) is 4.98 Å². The number of hydrogen-bond donors (Lipinski definition) is 1. The van der Waals surface area contributed by atoms with Crippen molar-refractivity contribution in [3.8, 4) is 5.75 Å². The van der Waals surface area contributed by atoms with Gasteiger partial charge in [-0.25, -0.2) is 4.98 Å². The monoisotopic (exact) mass is 291 g/mol. The molecule has 21 heavy (non-hydrogen) atoms. The molecule has 7 heteroatoms. The van der Waals surface area contributed by atoms with E-state index in [1.807, 2.05) is 18.4 Å². The fourth-order valence-electron chi connectivity index (χ4n) is 1.98. The van der Waals surface area contributed by atoms with E-state index in [4.69, 9.17) is 9.84 Å². The molecule has 2 rings (SSSR count). The highest BCUT2D eigenvalue weighted by molar-refractivity contribution is 5.48. The number of imidazole rings is 1. The van der Waals surface area contributed by atoms with Gasteiger partial charge in [-0.3, -0.25) is 10.1 Å². The molecular weight excluding hydrogens is 274 g/mol. The molecule has 0 aliphatic carbocycles. The second-order valence-electron chi connectivity index (χ2n) is 4.89. The number of aliphatic hydroxyl groups excluding tert-OH is 1. The van der Waals surface area contributed by atoms with E-state index in [9.17, 15) is 10.1 Å². The largest absolute Gasteiger partial charge is 0.480 e. The number of aliphatic hydroxyl groups is 1. The second-order valence-corrected chi connectivity index (χ2v) is 4.89. The third kappa shape index (κ3) is 3.38. The Balaban J connectivity index is 2.22. The first kappa shape index (κ1) is 15.0. The number of rotatable bonds is 6. The van der Waals surface area contributed by atoms with Crippen molar-refractivity contribution in [3.63, 3.8) is 0 Å². The van der Waals surface area contributed by atoms with Crippen LogP contribution in [-0.4, -0.2) is 19.6 Å². The number of benzene rings is 1. The van der Waals surface area contributed by atoms with Crippen molar-refractivity contribution in [1.82, 2.24) is 9.55 Å². The first-order valence-electron chi connectivity index (χ1n) is 6.54. The first-order valence-corrected chi connectivity index (χ1v) is 6.54. The summed E-state index contributed by atoms with van der Waals surface area (Å²) in [5, 5.41) is 20.1. The molecule has 1 heterocycles. The number of hydrogen-bond acceptors (Lipinski definition) is 5. The van der Waals surface area contributed by atoms with E-state index in [0.29, 0.717) is 5.56 Å². The molecule has 0 spiro atoms. The van der Waals surface area contributed by atoms with Crippen molar-refractivity contribution >= 4 is 5.69 Å². The molecule has 0 unspecified atom stereocenters. The molecule has 0 radical (unpaired) electrons. The second kappa shape index (κ2) is 6.36. The van der Waals surface area contributed by atoms with Gasteiger partial charge in [-0.1, -0.05) is 0 Å². The maximum absolute atomic E-state index is 11.0. The lowest BCUT2D eigenvalue weighted by atomic mass is 10.2. The number of nitro benzene ring substituents is 1. The third-order valence-corrected chi connectivity index (χ3v) is 3.08. The van der Waals surface area contributed by atoms with Crippen LogP contribution in [0.15, 0.2) is 30.7 Å². The average Bonchev–Trinajstić information content (AvgIpc) is 2.93. The van der Waals surface area contributed by atoms with Crippen molar-refractivity contribution in [2.45, 2.75) is 33.1 Å². The highest BCUT2D eigenvalue weighted by Gasteiger charge is 2.16. The Kier molecular flexibility index (Phi) is 4.54. The van der Waals surface area contributed by atoms with E-state index in [1.165, 1.54) is 18.2 Å². The van der Waals surface area contributed by atoms with Crippen LogP contribution < -0.4 is 4.74 Å². The van der Waals surface area contributed by atoms with Gasteiger partial charge < -0.3 is 14.4 Å². The average molecular weight is 291 g/mol. The van der Waals surface area contributed by atoms with Crippen molar-refractivity contribution < 1.29 is 14.8 Å². The topological polar surface area (TPSA) is 90.4 Å². The summed E-state index contributed by atoms with van der Waals surface area (Å²) in [5.41, 5.74) is 1.27. The fraction of sp³-hybridized carbons (Fsp3) is 0.357. The molecule has 0 bridgehead atoms. The Bertz CT molecular complexity index is 637. The Hall–Kier alpha value is -2.41. The van der Waals surface area contributed by atoms with Gasteiger partial charge in [0.15, 0.2) is 5.75 Å². The van der Waals surface area contributed by atoms with Gasteiger partial charge in [-0.15, -0.1) is 0 Å². The van der Waals surface area contributed by atoms with Crippen LogP contribution in [0.4, 0.5) is 5.69 Å². The summed E-state index contributed by atoms with van der Waals surface area (Å²) in [7, 11) is 0. The number of nitro groups is 1. The lowest BCUT2D eigenvalue weighted by Crippen LogP contribution is -2.08. The minimum atomic E-state index is -0.504. The molecular formula is C14H17N3O4. The van der Waals surface area contributed by atoms with Crippen molar-refractivity contribution in [2.75, 3.05) is 0 Å². The van der Waals surface area contributed by atoms with Gasteiger partial charge in [-0.2, -0.15) is 0 Å². The van der Waals surface area contributed by atoms with Crippen LogP contribution in [0.5, 0.6) is 5.75 Å². The molecule has 0 aliphatic heterocycles. The van der Waals surface area contributed by atoms with Gasteiger partial charge in [0.05, 0.1) is 29.7 Å². The summed E-state index contributed by atoms with van der Waals surface area (Å²) < 4.78 is 7.49. The fourth-order valence-corrected chi connectivity index (χ4v) is 1.98. The van der Waals surface area contributed by atoms with Gasteiger partial charge in [0.1, 0.15) is 6.61 Å². The molecule has 112 valence electrons. The Labute approximate surface area is 122 Å². The maximum Gasteiger partial charge on any atom is 0.310 e. The Morgan fingerprint density at radius 3 is 2.86 bits per heavy atom. The van der Waals surface area contributed by atoms with E-state index in [0.717, 1.165) is 5.69 Å². The molecule has 0 fully saturated rings. The molecule has 2 aromatic rings. The third-order valence-electron chi connectivity index (χ3n) is 3.08. The Morgan fingerprint density at radius 1 is 1.48 bits per heavy atom. The molecule has 0 saturated heterocycles. The lowest BCUT2D eigenvalue weighted by Gasteiger charge is -2.13.